The fourth-order valence-corrected chi connectivity index (χ4v) is 7.96. The number of amides is 1. The maximum atomic E-state index is 13.2. The molecular weight excluding hydrogens is 847 g/mol. The summed E-state index contributed by atoms with van der Waals surface area (Å²) in [7, 11) is 0. The zero-order valence-electron chi connectivity index (χ0n) is 40.4. The van der Waals surface area contributed by atoms with E-state index in [0.717, 1.165) is 64.2 Å². The van der Waals surface area contributed by atoms with Crippen LogP contribution in [0.25, 0.3) is 0 Å². The van der Waals surface area contributed by atoms with Crippen molar-refractivity contribution in [2.24, 2.45) is 0 Å². The van der Waals surface area contributed by atoms with Crippen LogP contribution in [-0.2, 0) is 23.7 Å². The van der Waals surface area contributed by atoms with E-state index < -0.39 is 86.8 Å². The molecule has 12 unspecified atom stereocenters. The van der Waals surface area contributed by atoms with Crippen molar-refractivity contribution >= 4 is 5.91 Å². The van der Waals surface area contributed by atoms with Crippen LogP contribution in [0.15, 0.2) is 60.8 Å². The van der Waals surface area contributed by atoms with E-state index in [2.05, 4.69) is 67.8 Å². The number of aliphatic hydroxyl groups excluding tert-OH is 8. The van der Waals surface area contributed by atoms with Gasteiger partial charge in [0.05, 0.1) is 32.0 Å². The van der Waals surface area contributed by atoms with E-state index in [4.69, 9.17) is 18.9 Å². The Morgan fingerprint density at radius 1 is 0.545 bits per heavy atom. The summed E-state index contributed by atoms with van der Waals surface area (Å²) in [5.41, 5.74) is 0. The molecule has 2 rings (SSSR count). The Morgan fingerprint density at radius 3 is 1.59 bits per heavy atom. The van der Waals surface area contributed by atoms with Crippen molar-refractivity contribution in [1.29, 1.82) is 0 Å². The summed E-state index contributed by atoms with van der Waals surface area (Å²) in [4.78, 5) is 13.2. The van der Waals surface area contributed by atoms with Crippen LogP contribution in [0, 0.1) is 0 Å². The van der Waals surface area contributed by atoms with Crippen LogP contribution in [0.1, 0.15) is 168 Å². The number of carbonyl (C=O) groups is 1. The molecule has 0 aromatic carbocycles. The van der Waals surface area contributed by atoms with Crippen LogP contribution in [0.2, 0.25) is 0 Å². The topological polar surface area (TPSA) is 228 Å². The fraction of sp³-hybridized carbons (Fsp3) is 0.788. The van der Waals surface area contributed by atoms with Crippen LogP contribution in [0.5, 0.6) is 0 Å². The summed E-state index contributed by atoms with van der Waals surface area (Å²) in [6, 6.07) is -0.939. The van der Waals surface area contributed by atoms with E-state index in [1.54, 1.807) is 6.08 Å². The largest absolute Gasteiger partial charge is 0.394 e. The number of rotatable bonds is 38. The monoisotopic (exact) mass is 938 g/mol. The molecule has 12 atom stereocenters. The van der Waals surface area contributed by atoms with Crippen molar-refractivity contribution in [3.63, 3.8) is 0 Å². The molecule has 66 heavy (non-hydrogen) atoms. The highest BCUT2D eigenvalue weighted by molar-refractivity contribution is 5.76. The van der Waals surface area contributed by atoms with Gasteiger partial charge in [0.2, 0.25) is 5.91 Å². The zero-order chi connectivity index (χ0) is 48.2. The standard InChI is InChI=1S/C52H91NO13/c1-3-5-7-9-11-13-15-16-17-18-19-20-21-22-23-24-26-28-30-32-34-36-44(57)53-40(41(56)35-33-31-29-27-25-14-12-10-8-6-4-2)39-63-51-49(62)47(60)50(43(38-55)65-51)66-52-48(61)46(59)45(58)42(37-54)64-52/h15-16,18-19,21-22,25,27,33,35,40-43,45-52,54-56,58-62H,3-14,17,20,23-24,26,28-32,34,36-39H2,1-2H3,(H,53,57)/b16-15-,19-18-,22-21-,27-25+,35-33+. The van der Waals surface area contributed by atoms with Crippen LogP contribution >= 0.6 is 0 Å². The number of ether oxygens (including phenoxy) is 4. The molecule has 0 bridgehead atoms. The van der Waals surface area contributed by atoms with Gasteiger partial charge in [0, 0.05) is 6.42 Å². The molecule has 0 saturated carbocycles. The molecule has 1 amide bonds. The number of allylic oxidation sites excluding steroid dienone is 9. The van der Waals surface area contributed by atoms with Gasteiger partial charge in [0.1, 0.15) is 48.8 Å². The van der Waals surface area contributed by atoms with Crippen molar-refractivity contribution in [1.82, 2.24) is 5.32 Å². The van der Waals surface area contributed by atoms with Gasteiger partial charge < -0.3 is 65.1 Å². The lowest BCUT2D eigenvalue weighted by Gasteiger charge is -2.46. The fourth-order valence-electron chi connectivity index (χ4n) is 7.96. The molecule has 0 aromatic rings. The Hall–Kier alpha value is -2.31. The number of aliphatic hydroxyl groups is 8. The third-order valence-electron chi connectivity index (χ3n) is 12.2. The summed E-state index contributed by atoms with van der Waals surface area (Å²) in [5.74, 6) is -0.266. The molecule has 0 radical (unpaired) electrons. The second kappa shape index (κ2) is 38.5. The zero-order valence-corrected chi connectivity index (χ0v) is 40.4. The molecule has 2 aliphatic heterocycles. The third-order valence-corrected chi connectivity index (χ3v) is 12.2. The first kappa shape index (κ1) is 59.8. The number of nitrogens with one attached hydrogen (secondary N) is 1. The van der Waals surface area contributed by atoms with Crippen LogP contribution in [0.4, 0.5) is 0 Å². The van der Waals surface area contributed by atoms with Crippen molar-refractivity contribution in [3.05, 3.63) is 60.8 Å². The van der Waals surface area contributed by atoms with Gasteiger partial charge in [-0.25, -0.2) is 0 Å². The van der Waals surface area contributed by atoms with Gasteiger partial charge in [-0.05, 0) is 70.6 Å². The van der Waals surface area contributed by atoms with Crippen LogP contribution < -0.4 is 5.32 Å². The minimum atomic E-state index is -1.79. The van der Waals surface area contributed by atoms with Crippen LogP contribution in [0.3, 0.4) is 0 Å². The van der Waals surface area contributed by atoms with Crippen molar-refractivity contribution in [3.8, 4) is 0 Å². The molecular formula is C52H91NO13. The lowest BCUT2D eigenvalue weighted by atomic mass is 9.97. The number of unbranched alkanes of at least 4 members (excludes halogenated alkanes) is 17. The van der Waals surface area contributed by atoms with Crippen LogP contribution in [-0.4, -0.2) is 140 Å². The summed E-state index contributed by atoms with van der Waals surface area (Å²) in [6.07, 6.45) is 29.8. The molecule has 0 aliphatic carbocycles. The molecule has 14 nitrogen and oxygen atoms in total. The molecule has 0 spiro atoms. The summed E-state index contributed by atoms with van der Waals surface area (Å²) < 4.78 is 22.6. The Kier molecular flexibility index (Phi) is 34.9. The third kappa shape index (κ3) is 25.3. The predicted octanol–water partition coefficient (Wildman–Crippen LogP) is 6.66. The highest BCUT2D eigenvalue weighted by atomic mass is 16.7. The van der Waals surface area contributed by atoms with Gasteiger partial charge in [-0.15, -0.1) is 0 Å². The van der Waals surface area contributed by atoms with Gasteiger partial charge in [0.15, 0.2) is 12.6 Å². The first-order valence-electron chi connectivity index (χ1n) is 25.5. The first-order chi connectivity index (χ1) is 32.1. The minimum absolute atomic E-state index is 0.256. The quantitative estimate of drug-likeness (QED) is 0.0234. The lowest BCUT2D eigenvalue weighted by Crippen LogP contribution is -2.65. The summed E-state index contributed by atoms with van der Waals surface area (Å²) >= 11 is 0. The smallest absolute Gasteiger partial charge is 0.220 e. The van der Waals surface area contributed by atoms with E-state index in [0.29, 0.717) is 12.8 Å². The summed E-state index contributed by atoms with van der Waals surface area (Å²) in [5, 5.41) is 86.6. The predicted molar refractivity (Wildman–Crippen MR) is 258 cm³/mol. The molecule has 2 aliphatic rings. The molecule has 2 heterocycles. The van der Waals surface area contributed by atoms with E-state index in [-0.39, 0.29) is 18.9 Å². The van der Waals surface area contributed by atoms with E-state index in [1.165, 1.54) is 70.6 Å². The van der Waals surface area contributed by atoms with Gasteiger partial charge in [-0.2, -0.15) is 0 Å². The second-order valence-corrected chi connectivity index (χ2v) is 17.9. The van der Waals surface area contributed by atoms with Crippen molar-refractivity contribution < 1.29 is 64.6 Å². The Balaban J connectivity index is 1.83. The molecule has 14 heteroatoms. The SMILES string of the molecule is CCCCCCC/C=C\C/C=C\C/C=C\CCCCCCCCC(=O)NC(COC1OC(CO)C(OC2OC(CO)C(O)C(O)C2O)C(O)C1O)C(O)/C=C/CC/C=C/CCCCCCC. The number of hydrogen-bond donors (Lipinski definition) is 9. The lowest BCUT2D eigenvalue weighted by molar-refractivity contribution is -0.359. The number of hydrogen-bond acceptors (Lipinski definition) is 13. The molecule has 2 saturated heterocycles. The van der Waals surface area contributed by atoms with Crippen molar-refractivity contribution in [2.45, 2.75) is 242 Å². The maximum Gasteiger partial charge on any atom is 0.220 e. The van der Waals surface area contributed by atoms with E-state index in [1.807, 2.05) is 6.08 Å². The molecule has 9 N–H and O–H groups in total. The van der Waals surface area contributed by atoms with E-state index >= 15 is 0 Å². The minimum Gasteiger partial charge on any atom is -0.394 e. The second-order valence-electron chi connectivity index (χ2n) is 17.9. The molecule has 0 aromatic heterocycles. The number of carbonyl (C=O) groups excluding carboxylic acids is 1. The summed E-state index contributed by atoms with van der Waals surface area (Å²) in [6.45, 7) is 2.70. The average molecular weight is 938 g/mol. The Morgan fingerprint density at radius 2 is 1.02 bits per heavy atom. The van der Waals surface area contributed by atoms with E-state index in [9.17, 15) is 45.6 Å². The van der Waals surface area contributed by atoms with Gasteiger partial charge in [-0.3, -0.25) is 4.79 Å². The highest BCUT2D eigenvalue weighted by Crippen LogP contribution is 2.30. The van der Waals surface area contributed by atoms with Gasteiger partial charge in [0.25, 0.3) is 0 Å². The average Bonchev–Trinajstić information content (AvgIpc) is 3.31. The Labute approximate surface area is 396 Å². The first-order valence-corrected chi connectivity index (χ1v) is 25.5. The van der Waals surface area contributed by atoms with Crippen molar-refractivity contribution in [2.75, 3.05) is 19.8 Å². The Bertz CT molecular complexity index is 1340. The maximum absolute atomic E-state index is 13.2. The molecule has 382 valence electrons. The van der Waals surface area contributed by atoms with Gasteiger partial charge in [-0.1, -0.05) is 152 Å². The normalized spacial score (nSPS) is 27.3. The highest BCUT2D eigenvalue weighted by Gasteiger charge is 2.51. The molecule has 2 fully saturated rings. The van der Waals surface area contributed by atoms with Gasteiger partial charge >= 0.3 is 0 Å².